The first kappa shape index (κ1) is 9.48. The van der Waals surface area contributed by atoms with E-state index in [0.717, 1.165) is 26.2 Å². The highest BCUT2D eigenvalue weighted by Gasteiger charge is 2.19. The van der Waals surface area contributed by atoms with Crippen molar-refractivity contribution < 1.29 is 9.53 Å². The minimum Gasteiger partial charge on any atom is -0.380 e. The van der Waals surface area contributed by atoms with Crippen molar-refractivity contribution >= 4 is 5.91 Å². The number of amides is 1. The molecule has 0 aliphatic carbocycles. The van der Waals surface area contributed by atoms with E-state index >= 15 is 0 Å². The molecule has 0 aromatic carbocycles. The Hall–Kier alpha value is -0.610. The molecule has 1 aliphatic heterocycles. The van der Waals surface area contributed by atoms with Crippen LogP contribution in [0, 0.1) is 0 Å². The van der Waals surface area contributed by atoms with Crippen molar-refractivity contribution in [2.45, 2.75) is 18.9 Å². The molecule has 0 aromatic heterocycles. The Morgan fingerprint density at radius 3 is 3.00 bits per heavy atom. The van der Waals surface area contributed by atoms with Crippen LogP contribution in [0.5, 0.6) is 0 Å². The topological polar surface area (TPSA) is 55.6 Å². The SMILES string of the molecule is CN(CCC(N)=O)C1CCOC1. The van der Waals surface area contributed by atoms with Crippen LogP contribution in [0.4, 0.5) is 0 Å². The second-order valence-corrected chi connectivity index (χ2v) is 3.21. The molecule has 0 bridgehead atoms. The van der Waals surface area contributed by atoms with Crippen LogP contribution in [0.15, 0.2) is 0 Å². The van der Waals surface area contributed by atoms with Crippen LogP contribution < -0.4 is 5.73 Å². The van der Waals surface area contributed by atoms with Gasteiger partial charge in [-0.25, -0.2) is 0 Å². The van der Waals surface area contributed by atoms with Gasteiger partial charge in [0.25, 0.3) is 0 Å². The summed E-state index contributed by atoms with van der Waals surface area (Å²) in [6.45, 7) is 2.37. The van der Waals surface area contributed by atoms with Crippen molar-refractivity contribution in [3.8, 4) is 0 Å². The summed E-state index contributed by atoms with van der Waals surface area (Å²) in [5.41, 5.74) is 5.04. The Balaban J connectivity index is 2.17. The van der Waals surface area contributed by atoms with Crippen molar-refractivity contribution in [2.24, 2.45) is 5.73 Å². The predicted molar refractivity (Wildman–Crippen MR) is 45.7 cm³/mol. The molecule has 1 rings (SSSR count). The van der Waals surface area contributed by atoms with Crippen LogP contribution >= 0.6 is 0 Å². The molecular formula is C8H16N2O2. The fourth-order valence-electron chi connectivity index (χ4n) is 1.34. The van der Waals surface area contributed by atoms with E-state index in [2.05, 4.69) is 4.90 Å². The number of carbonyl (C=O) groups excluding carboxylic acids is 1. The van der Waals surface area contributed by atoms with E-state index in [1.807, 2.05) is 7.05 Å². The third-order valence-electron chi connectivity index (χ3n) is 2.24. The number of hydrogen-bond donors (Lipinski definition) is 1. The zero-order valence-electron chi connectivity index (χ0n) is 7.45. The first-order valence-corrected chi connectivity index (χ1v) is 4.26. The molecule has 1 amide bonds. The summed E-state index contributed by atoms with van der Waals surface area (Å²) in [5.74, 6) is -0.235. The number of nitrogens with two attached hydrogens (primary N) is 1. The van der Waals surface area contributed by atoms with Gasteiger partial charge in [0.1, 0.15) is 0 Å². The van der Waals surface area contributed by atoms with E-state index in [1.165, 1.54) is 0 Å². The molecule has 0 spiro atoms. The average molecular weight is 172 g/mol. The molecular weight excluding hydrogens is 156 g/mol. The molecule has 1 heterocycles. The molecule has 0 saturated carbocycles. The number of likely N-dealkylation sites (N-methyl/N-ethyl adjacent to an activating group) is 1. The lowest BCUT2D eigenvalue weighted by atomic mass is 10.2. The highest BCUT2D eigenvalue weighted by Crippen LogP contribution is 2.10. The first-order chi connectivity index (χ1) is 5.70. The Morgan fingerprint density at radius 1 is 1.75 bits per heavy atom. The summed E-state index contributed by atoms with van der Waals surface area (Å²) in [6.07, 6.45) is 1.50. The molecule has 1 atom stereocenters. The van der Waals surface area contributed by atoms with Crippen LogP contribution in [0.2, 0.25) is 0 Å². The maximum Gasteiger partial charge on any atom is 0.218 e. The van der Waals surface area contributed by atoms with Gasteiger partial charge in [0.05, 0.1) is 6.61 Å². The fourth-order valence-corrected chi connectivity index (χ4v) is 1.34. The second kappa shape index (κ2) is 4.42. The Bertz CT molecular complexity index is 155. The lowest BCUT2D eigenvalue weighted by molar-refractivity contribution is -0.118. The monoisotopic (exact) mass is 172 g/mol. The van der Waals surface area contributed by atoms with Gasteiger partial charge in [-0.15, -0.1) is 0 Å². The van der Waals surface area contributed by atoms with E-state index in [4.69, 9.17) is 10.5 Å². The van der Waals surface area contributed by atoms with Gasteiger partial charge in [-0.1, -0.05) is 0 Å². The van der Waals surface area contributed by atoms with Crippen LogP contribution in [-0.2, 0) is 9.53 Å². The molecule has 12 heavy (non-hydrogen) atoms. The first-order valence-electron chi connectivity index (χ1n) is 4.26. The van der Waals surface area contributed by atoms with E-state index in [-0.39, 0.29) is 5.91 Å². The van der Waals surface area contributed by atoms with Crippen molar-refractivity contribution in [2.75, 3.05) is 26.8 Å². The normalized spacial score (nSPS) is 23.3. The van der Waals surface area contributed by atoms with Crippen LogP contribution in [-0.4, -0.2) is 43.7 Å². The van der Waals surface area contributed by atoms with Crippen LogP contribution in [0.25, 0.3) is 0 Å². The largest absolute Gasteiger partial charge is 0.380 e. The summed E-state index contributed by atoms with van der Waals surface area (Å²) >= 11 is 0. The fraction of sp³-hybridized carbons (Fsp3) is 0.875. The van der Waals surface area contributed by atoms with Crippen molar-refractivity contribution in [3.05, 3.63) is 0 Å². The maximum atomic E-state index is 10.5. The number of nitrogens with zero attached hydrogens (tertiary/aromatic N) is 1. The summed E-state index contributed by atoms with van der Waals surface area (Å²) < 4.78 is 5.23. The molecule has 0 radical (unpaired) electrons. The van der Waals surface area contributed by atoms with Crippen molar-refractivity contribution in [3.63, 3.8) is 0 Å². The van der Waals surface area contributed by atoms with E-state index in [9.17, 15) is 4.79 Å². The summed E-state index contributed by atoms with van der Waals surface area (Å²) in [6, 6.07) is 0.476. The molecule has 1 fully saturated rings. The number of ether oxygens (including phenoxy) is 1. The van der Waals surface area contributed by atoms with Crippen molar-refractivity contribution in [1.29, 1.82) is 0 Å². The van der Waals surface area contributed by atoms with E-state index in [0.29, 0.717) is 12.5 Å². The molecule has 4 nitrogen and oxygen atoms in total. The average Bonchev–Trinajstić information content (AvgIpc) is 2.51. The lowest BCUT2D eigenvalue weighted by Crippen LogP contribution is -2.34. The highest BCUT2D eigenvalue weighted by molar-refractivity contribution is 5.73. The molecule has 1 unspecified atom stereocenters. The minimum atomic E-state index is -0.235. The standard InChI is InChI=1S/C8H16N2O2/c1-10(4-2-8(9)11)7-3-5-12-6-7/h7H,2-6H2,1H3,(H2,9,11). The summed E-state index contributed by atoms with van der Waals surface area (Å²) in [4.78, 5) is 12.6. The third kappa shape index (κ3) is 2.79. The van der Waals surface area contributed by atoms with Gasteiger partial charge in [-0.05, 0) is 13.5 Å². The number of primary amides is 1. The van der Waals surface area contributed by atoms with Gasteiger partial charge >= 0.3 is 0 Å². The molecule has 70 valence electrons. The van der Waals surface area contributed by atoms with Gasteiger partial charge in [0, 0.05) is 25.6 Å². The maximum absolute atomic E-state index is 10.5. The molecule has 2 N–H and O–H groups in total. The lowest BCUT2D eigenvalue weighted by Gasteiger charge is -2.21. The zero-order valence-corrected chi connectivity index (χ0v) is 7.45. The Morgan fingerprint density at radius 2 is 2.50 bits per heavy atom. The molecule has 1 aliphatic rings. The van der Waals surface area contributed by atoms with Crippen LogP contribution in [0.1, 0.15) is 12.8 Å². The zero-order chi connectivity index (χ0) is 8.97. The van der Waals surface area contributed by atoms with Gasteiger partial charge in [-0.2, -0.15) is 0 Å². The van der Waals surface area contributed by atoms with E-state index in [1.54, 1.807) is 0 Å². The van der Waals surface area contributed by atoms with Crippen LogP contribution in [0.3, 0.4) is 0 Å². The van der Waals surface area contributed by atoms with Gasteiger partial charge in [-0.3, -0.25) is 4.79 Å². The molecule has 4 heteroatoms. The van der Waals surface area contributed by atoms with Gasteiger partial charge < -0.3 is 15.4 Å². The van der Waals surface area contributed by atoms with E-state index < -0.39 is 0 Å². The quantitative estimate of drug-likeness (QED) is 0.626. The number of carbonyl (C=O) groups is 1. The number of rotatable bonds is 4. The Kier molecular flexibility index (Phi) is 3.49. The summed E-state index contributed by atoms with van der Waals surface area (Å²) in [5, 5.41) is 0. The summed E-state index contributed by atoms with van der Waals surface area (Å²) in [7, 11) is 2.00. The Labute approximate surface area is 72.7 Å². The molecule has 0 aromatic rings. The second-order valence-electron chi connectivity index (χ2n) is 3.21. The van der Waals surface area contributed by atoms with Gasteiger partial charge in [0.15, 0.2) is 0 Å². The number of hydrogen-bond acceptors (Lipinski definition) is 3. The smallest absolute Gasteiger partial charge is 0.218 e. The predicted octanol–water partition coefficient (Wildman–Crippen LogP) is -0.417. The van der Waals surface area contributed by atoms with Gasteiger partial charge in [0.2, 0.25) is 5.91 Å². The highest BCUT2D eigenvalue weighted by atomic mass is 16.5. The minimum absolute atomic E-state index is 0.235. The van der Waals surface area contributed by atoms with Crippen molar-refractivity contribution in [1.82, 2.24) is 4.90 Å². The third-order valence-corrected chi connectivity index (χ3v) is 2.24. The molecule has 1 saturated heterocycles.